The first kappa shape index (κ1) is 19.7. The highest BCUT2D eigenvalue weighted by molar-refractivity contribution is 7.13. The van der Waals surface area contributed by atoms with Gasteiger partial charge in [0.1, 0.15) is 11.4 Å². The van der Waals surface area contributed by atoms with Crippen molar-refractivity contribution in [1.82, 2.24) is 24.9 Å². The Bertz CT molecular complexity index is 1200. The number of piperazine rings is 1. The molecule has 0 atom stereocenters. The Labute approximate surface area is 183 Å². The minimum Gasteiger partial charge on any atom is -0.497 e. The Morgan fingerprint density at radius 2 is 2.00 bits per heavy atom. The number of methoxy groups -OCH3 is 1. The molecular formula is C22H21N5O3S. The highest BCUT2D eigenvalue weighted by Gasteiger charge is 2.24. The van der Waals surface area contributed by atoms with Gasteiger partial charge in [0.15, 0.2) is 0 Å². The first-order valence-electron chi connectivity index (χ1n) is 10.0. The molecule has 0 aliphatic carbocycles. The number of hydrogen-bond acceptors (Lipinski definition) is 8. The lowest BCUT2D eigenvalue weighted by molar-refractivity contribution is 0.0610. The monoisotopic (exact) mass is 435 g/mol. The van der Waals surface area contributed by atoms with Crippen molar-refractivity contribution in [2.45, 2.75) is 6.54 Å². The summed E-state index contributed by atoms with van der Waals surface area (Å²) in [4.78, 5) is 27.0. The summed E-state index contributed by atoms with van der Waals surface area (Å²) in [5, 5.41) is 7.00. The summed E-state index contributed by atoms with van der Waals surface area (Å²) in [6.07, 6.45) is 0. The van der Waals surface area contributed by atoms with Crippen LogP contribution in [0.15, 0.2) is 52.4 Å². The number of benzene rings is 1. The minimum atomic E-state index is -0.0462. The molecule has 0 spiro atoms. The van der Waals surface area contributed by atoms with E-state index in [-0.39, 0.29) is 5.91 Å². The van der Waals surface area contributed by atoms with Gasteiger partial charge in [0.05, 0.1) is 24.0 Å². The predicted molar refractivity (Wildman–Crippen MR) is 117 cm³/mol. The van der Waals surface area contributed by atoms with Crippen LogP contribution in [0.4, 0.5) is 0 Å². The van der Waals surface area contributed by atoms with E-state index < -0.39 is 0 Å². The van der Waals surface area contributed by atoms with Gasteiger partial charge in [-0.1, -0.05) is 17.3 Å². The summed E-state index contributed by atoms with van der Waals surface area (Å²) in [5.41, 5.74) is 1.24. The minimum absolute atomic E-state index is 0.0462. The Balaban J connectivity index is 1.20. The molecule has 4 heterocycles. The molecule has 1 fully saturated rings. The molecule has 1 aromatic carbocycles. The number of aromatic nitrogens is 3. The zero-order chi connectivity index (χ0) is 21.2. The van der Waals surface area contributed by atoms with Gasteiger partial charge in [-0.2, -0.15) is 4.98 Å². The molecule has 9 heteroatoms. The topological polar surface area (TPSA) is 84.6 Å². The number of hydrogen-bond donors (Lipinski definition) is 0. The van der Waals surface area contributed by atoms with E-state index in [1.807, 2.05) is 46.7 Å². The predicted octanol–water partition coefficient (Wildman–Crippen LogP) is 3.31. The first-order chi connectivity index (χ1) is 15.2. The number of carbonyl (C=O) groups excluding carboxylic acids is 1. The van der Waals surface area contributed by atoms with Gasteiger partial charge in [-0.3, -0.25) is 9.69 Å². The molecule has 1 aliphatic rings. The molecule has 158 valence electrons. The van der Waals surface area contributed by atoms with Gasteiger partial charge in [0.25, 0.3) is 5.91 Å². The molecule has 8 nitrogen and oxygen atoms in total. The number of ether oxygens (including phenoxy) is 1. The van der Waals surface area contributed by atoms with Crippen molar-refractivity contribution in [1.29, 1.82) is 0 Å². The van der Waals surface area contributed by atoms with E-state index >= 15 is 0 Å². The van der Waals surface area contributed by atoms with E-state index in [1.54, 1.807) is 24.5 Å². The van der Waals surface area contributed by atoms with Crippen LogP contribution in [-0.2, 0) is 6.54 Å². The molecule has 1 amide bonds. The zero-order valence-corrected chi connectivity index (χ0v) is 17.8. The third kappa shape index (κ3) is 4.14. The van der Waals surface area contributed by atoms with Crippen molar-refractivity contribution < 1.29 is 14.1 Å². The van der Waals surface area contributed by atoms with Crippen LogP contribution in [-0.4, -0.2) is 64.1 Å². The normalized spacial score (nSPS) is 14.8. The Hall–Kier alpha value is -3.30. The number of fused-ring (bicyclic) bond motifs is 1. The summed E-state index contributed by atoms with van der Waals surface area (Å²) in [6, 6.07) is 13.3. The molecule has 31 heavy (non-hydrogen) atoms. The molecule has 0 N–H and O–H groups in total. The smallest absolute Gasteiger partial charge is 0.272 e. The zero-order valence-electron chi connectivity index (χ0n) is 17.0. The van der Waals surface area contributed by atoms with Gasteiger partial charge in [-0.05, 0) is 35.7 Å². The van der Waals surface area contributed by atoms with Gasteiger partial charge in [0, 0.05) is 31.6 Å². The molecule has 4 aromatic rings. The van der Waals surface area contributed by atoms with E-state index in [0.717, 1.165) is 34.6 Å². The lowest BCUT2D eigenvalue weighted by atomic mass is 10.2. The van der Waals surface area contributed by atoms with Crippen molar-refractivity contribution in [3.05, 3.63) is 59.4 Å². The number of thiophene rings is 1. The van der Waals surface area contributed by atoms with Crippen LogP contribution in [0.3, 0.4) is 0 Å². The Kier molecular flexibility index (Phi) is 5.35. The van der Waals surface area contributed by atoms with Gasteiger partial charge in [-0.25, -0.2) is 4.98 Å². The summed E-state index contributed by atoms with van der Waals surface area (Å²) >= 11 is 1.58. The summed E-state index contributed by atoms with van der Waals surface area (Å²) in [6.45, 7) is 3.33. The van der Waals surface area contributed by atoms with E-state index in [2.05, 4.69) is 20.0 Å². The van der Waals surface area contributed by atoms with Crippen molar-refractivity contribution in [3.63, 3.8) is 0 Å². The molecule has 0 radical (unpaired) electrons. The Morgan fingerprint density at radius 3 is 2.77 bits per heavy atom. The summed E-state index contributed by atoms with van der Waals surface area (Å²) < 4.78 is 10.6. The number of rotatable bonds is 5. The maximum atomic E-state index is 12.9. The second-order valence-electron chi connectivity index (χ2n) is 7.31. The summed E-state index contributed by atoms with van der Waals surface area (Å²) in [5.74, 6) is 1.94. The third-order valence-electron chi connectivity index (χ3n) is 5.34. The van der Waals surface area contributed by atoms with E-state index in [4.69, 9.17) is 9.26 Å². The van der Waals surface area contributed by atoms with Crippen LogP contribution >= 0.6 is 11.3 Å². The number of pyridine rings is 1. The standard InChI is InChI=1S/C22H21N5O3S/c1-29-16-5-7-17-15(13-16)4-6-18(23-17)22(28)27-10-8-26(9-11-27)14-20-24-21(25-30-20)19-3-2-12-31-19/h2-7,12-13H,8-11,14H2,1H3. The fourth-order valence-electron chi connectivity index (χ4n) is 3.64. The lowest BCUT2D eigenvalue weighted by Crippen LogP contribution is -2.48. The second kappa shape index (κ2) is 8.44. The molecule has 0 unspecified atom stereocenters. The van der Waals surface area contributed by atoms with Crippen LogP contribution in [0.25, 0.3) is 21.6 Å². The van der Waals surface area contributed by atoms with Gasteiger partial charge >= 0.3 is 0 Å². The van der Waals surface area contributed by atoms with Crippen molar-refractivity contribution in [2.75, 3.05) is 33.3 Å². The SMILES string of the molecule is COc1ccc2nc(C(=O)N3CCN(Cc4nc(-c5cccs5)no4)CC3)ccc2c1. The van der Waals surface area contributed by atoms with Gasteiger partial charge < -0.3 is 14.2 Å². The van der Waals surface area contributed by atoms with Crippen LogP contribution in [0, 0.1) is 0 Å². The molecule has 1 aliphatic heterocycles. The first-order valence-corrected chi connectivity index (χ1v) is 10.9. The quantitative estimate of drug-likeness (QED) is 0.475. The molecule has 5 rings (SSSR count). The highest BCUT2D eigenvalue weighted by atomic mass is 32.1. The number of nitrogens with zero attached hydrogens (tertiary/aromatic N) is 5. The van der Waals surface area contributed by atoms with Crippen LogP contribution in [0.5, 0.6) is 5.75 Å². The van der Waals surface area contributed by atoms with Crippen LogP contribution < -0.4 is 4.74 Å². The van der Waals surface area contributed by atoms with E-state index in [9.17, 15) is 4.79 Å². The maximum absolute atomic E-state index is 12.9. The highest BCUT2D eigenvalue weighted by Crippen LogP contribution is 2.22. The average molecular weight is 436 g/mol. The van der Waals surface area contributed by atoms with Gasteiger partial charge in [-0.15, -0.1) is 11.3 Å². The average Bonchev–Trinajstić information content (AvgIpc) is 3.50. The lowest BCUT2D eigenvalue weighted by Gasteiger charge is -2.33. The molecule has 1 saturated heterocycles. The second-order valence-corrected chi connectivity index (χ2v) is 8.26. The fourth-order valence-corrected chi connectivity index (χ4v) is 4.29. The third-order valence-corrected chi connectivity index (χ3v) is 6.21. The van der Waals surface area contributed by atoms with Gasteiger partial charge in [0.2, 0.25) is 11.7 Å². The fraction of sp³-hybridized carbons (Fsp3) is 0.273. The van der Waals surface area contributed by atoms with Crippen molar-refractivity contribution in [2.24, 2.45) is 0 Å². The maximum Gasteiger partial charge on any atom is 0.272 e. The molecule has 0 bridgehead atoms. The largest absolute Gasteiger partial charge is 0.497 e. The number of amides is 1. The number of carbonyl (C=O) groups is 1. The summed E-state index contributed by atoms with van der Waals surface area (Å²) in [7, 11) is 1.63. The molecular weight excluding hydrogens is 414 g/mol. The molecule has 3 aromatic heterocycles. The van der Waals surface area contributed by atoms with E-state index in [0.29, 0.717) is 37.0 Å². The molecule has 0 saturated carbocycles. The van der Waals surface area contributed by atoms with Crippen LogP contribution in [0.1, 0.15) is 16.4 Å². The van der Waals surface area contributed by atoms with Crippen molar-refractivity contribution in [3.8, 4) is 16.5 Å². The Morgan fingerprint density at radius 1 is 1.13 bits per heavy atom. The van der Waals surface area contributed by atoms with Crippen molar-refractivity contribution >= 4 is 28.1 Å². The van der Waals surface area contributed by atoms with Crippen LogP contribution in [0.2, 0.25) is 0 Å². The van der Waals surface area contributed by atoms with E-state index in [1.165, 1.54) is 0 Å².